The monoisotopic (exact) mass is 226 g/mol. The molecular formula is C6H15N2O5P. The second-order valence-corrected chi connectivity index (χ2v) is 4.49. The number of hydrogen-bond donors (Lipinski definition) is 5. The van der Waals surface area contributed by atoms with Crippen LogP contribution < -0.4 is 11.1 Å². The first-order chi connectivity index (χ1) is 6.37. The molecule has 0 aliphatic carbocycles. The topological polar surface area (TPSA) is 133 Å². The van der Waals surface area contributed by atoms with Crippen LogP contribution in [0.25, 0.3) is 0 Å². The highest BCUT2D eigenvalue weighted by Gasteiger charge is 2.20. The maximum atomic E-state index is 10.6. The van der Waals surface area contributed by atoms with E-state index in [9.17, 15) is 9.36 Å². The highest BCUT2D eigenvalue weighted by molar-refractivity contribution is 7.51. The zero-order valence-corrected chi connectivity index (χ0v) is 8.48. The maximum Gasteiger partial charge on any atom is 0.339 e. The molecule has 0 saturated heterocycles. The molecule has 0 bridgehead atoms. The van der Waals surface area contributed by atoms with Crippen molar-refractivity contribution in [3.8, 4) is 0 Å². The van der Waals surface area contributed by atoms with Crippen LogP contribution in [-0.2, 0) is 9.36 Å². The molecule has 0 saturated carbocycles. The van der Waals surface area contributed by atoms with E-state index < -0.39 is 25.9 Å². The quantitative estimate of drug-likeness (QED) is 0.348. The van der Waals surface area contributed by atoms with E-state index in [1.165, 1.54) is 0 Å². The van der Waals surface area contributed by atoms with Gasteiger partial charge in [-0.05, 0) is 19.4 Å². The molecule has 0 radical (unpaired) electrons. The van der Waals surface area contributed by atoms with E-state index in [2.05, 4.69) is 5.32 Å². The standard InChI is InChI=1S/C6H15N2O5P/c7-3-1-2-5(6(9)10)8-4-14(11,12)13/h5,8H,1-4,7H2,(H,9,10)(H2,11,12,13)/t5-/m0/s1. The fourth-order valence-corrected chi connectivity index (χ4v) is 1.32. The van der Waals surface area contributed by atoms with Crippen LogP contribution in [0.15, 0.2) is 0 Å². The van der Waals surface area contributed by atoms with Crippen molar-refractivity contribution in [2.45, 2.75) is 18.9 Å². The molecule has 0 amide bonds. The Balaban J connectivity index is 3.98. The molecule has 0 rings (SSSR count). The van der Waals surface area contributed by atoms with Crippen LogP contribution in [-0.4, -0.2) is 39.7 Å². The molecule has 8 heteroatoms. The first kappa shape index (κ1) is 13.5. The number of hydrogen-bond acceptors (Lipinski definition) is 4. The fourth-order valence-electron chi connectivity index (χ4n) is 0.864. The van der Waals surface area contributed by atoms with Gasteiger partial charge in [0, 0.05) is 0 Å². The second-order valence-electron chi connectivity index (χ2n) is 2.85. The minimum absolute atomic E-state index is 0.256. The molecule has 7 nitrogen and oxygen atoms in total. The Morgan fingerprint density at radius 2 is 2.07 bits per heavy atom. The average molecular weight is 226 g/mol. The number of carboxylic acid groups (broad SMARTS) is 1. The van der Waals surface area contributed by atoms with E-state index in [4.69, 9.17) is 20.6 Å². The first-order valence-corrected chi connectivity index (χ1v) is 5.87. The van der Waals surface area contributed by atoms with Gasteiger partial charge in [-0.1, -0.05) is 0 Å². The predicted molar refractivity (Wildman–Crippen MR) is 49.8 cm³/mol. The molecule has 6 N–H and O–H groups in total. The van der Waals surface area contributed by atoms with Crippen molar-refractivity contribution in [2.75, 3.05) is 12.8 Å². The lowest BCUT2D eigenvalue weighted by atomic mass is 10.1. The van der Waals surface area contributed by atoms with Crippen LogP contribution >= 0.6 is 7.60 Å². The number of rotatable bonds is 7. The zero-order valence-electron chi connectivity index (χ0n) is 7.59. The molecule has 0 aromatic carbocycles. The number of aliphatic carboxylic acids is 1. The van der Waals surface area contributed by atoms with Crippen LogP contribution in [0.3, 0.4) is 0 Å². The lowest BCUT2D eigenvalue weighted by Crippen LogP contribution is -2.37. The summed E-state index contributed by atoms with van der Waals surface area (Å²) < 4.78 is 10.4. The Labute approximate surface area is 81.5 Å². The van der Waals surface area contributed by atoms with Gasteiger partial charge in [0.15, 0.2) is 0 Å². The molecule has 0 aromatic rings. The van der Waals surface area contributed by atoms with Crippen LogP contribution in [0.2, 0.25) is 0 Å². The molecule has 0 unspecified atom stereocenters. The molecular weight excluding hydrogens is 211 g/mol. The summed E-state index contributed by atoms with van der Waals surface area (Å²) in [6.45, 7) is 0.349. The SMILES string of the molecule is NCCC[C@H](NCP(=O)(O)O)C(=O)O. The summed E-state index contributed by atoms with van der Waals surface area (Å²) in [5.74, 6) is -1.13. The molecule has 0 fully saturated rings. The Hall–Kier alpha value is -0.460. The summed E-state index contributed by atoms with van der Waals surface area (Å²) in [7, 11) is -4.20. The highest BCUT2D eigenvalue weighted by Crippen LogP contribution is 2.32. The van der Waals surface area contributed by atoms with E-state index in [1.54, 1.807) is 0 Å². The molecule has 0 aliphatic heterocycles. The molecule has 14 heavy (non-hydrogen) atoms. The van der Waals surface area contributed by atoms with Gasteiger partial charge in [-0.25, -0.2) is 0 Å². The third-order valence-electron chi connectivity index (χ3n) is 1.54. The van der Waals surface area contributed by atoms with Gasteiger partial charge >= 0.3 is 13.6 Å². The molecule has 0 heterocycles. The number of carboxylic acids is 1. The summed E-state index contributed by atoms with van der Waals surface area (Å²) in [6, 6.07) is -0.953. The second kappa shape index (κ2) is 6.10. The largest absolute Gasteiger partial charge is 0.480 e. The van der Waals surface area contributed by atoms with Crippen molar-refractivity contribution in [1.82, 2.24) is 5.32 Å². The minimum atomic E-state index is -4.20. The zero-order chi connectivity index (χ0) is 11.2. The predicted octanol–water partition coefficient (Wildman–Crippen LogP) is -1.10. The number of carbonyl (C=O) groups is 1. The van der Waals surface area contributed by atoms with Crippen molar-refractivity contribution in [3.63, 3.8) is 0 Å². The summed E-state index contributed by atoms with van der Waals surface area (Å²) in [5, 5.41) is 10.9. The third-order valence-corrected chi connectivity index (χ3v) is 2.13. The molecule has 0 aromatic heterocycles. The number of nitrogens with two attached hydrogens (primary N) is 1. The van der Waals surface area contributed by atoms with Crippen LogP contribution in [0.5, 0.6) is 0 Å². The van der Waals surface area contributed by atoms with Gasteiger partial charge in [0.05, 0.1) is 6.29 Å². The first-order valence-electron chi connectivity index (χ1n) is 4.07. The van der Waals surface area contributed by atoms with Crippen LogP contribution in [0.4, 0.5) is 0 Å². The van der Waals surface area contributed by atoms with E-state index >= 15 is 0 Å². The molecule has 1 atom stereocenters. The van der Waals surface area contributed by atoms with Crippen molar-refractivity contribution in [1.29, 1.82) is 0 Å². The minimum Gasteiger partial charge on any atom is -0.480 e. The van der Waals surface area contributed by atoms with Crippen molar-refractivity contribution >= 4 is 13.6 Å². The average Bonchev–Trinajstić information content (AvgIpc) is 2.01. The summed E-state index contributed by atoms with van der Waals surface area (Å²) in [6.07, 6.45) is 0.117. The van der Waals surface area contributed by atoms with E-state index in [1.807, 2.05) is 0 Å². The summed E-state index contributed by atoms with van der Waals surface area (Å²) >= 11 is 0. The number of nitrogens with one attached hydrogen (secondary N) is 1. The Kier molecular flexibility index (Phi) is 5.90. The Morgan fingerprint density at radius 3 is 2.43 bits per heavy atom. The smallest absolute Gasteiger partial charge is 0.339 e. The highest BCUT2D eigenvalue weighted by atomic mass is 31.2. The summed E-state index contributed by atoms with van der Waals surface area (Å²) in [4.78, 5) is 27.6. The van der Waals surface area contributed by atoms with Gasteiger partial charge in [0.25, 0.3) is 0 Å². The van der Waals surface area contributed by atoms with Crippen molar-refractivity contribution < 1.29 is 24.3 Å². The van der Waals surface area contributed by atoms with Gasteiger partial charge in [-0.3, -0.25) is 14.7 Å². The molecule has 0 spiro atoms. The van der Waals surface area contributed by atoms with Crippen molar-refractivity contribution in [2.24, 2.45) is 5.73 Å². The van der Waals surface area contributed by atoms with Gasteiger partial charge in [0.2, 0.25) is 0 Å². The third kappa shape index (κ3) is 6.99. The normalized spacial score (nSPS) is 13.9. The van der Waals surface area contributed by atoms with Gasteiger partial charge < -0.3 is 20.6 Å². The van der Waals surface area contributed by atoms with Gasteiger partial charge in [0.1, 0.15) is 6.04 Å². The van der Waals surface area contributed by atoms with Gasteiger partial charge in [-0.15, -0.1) is 0 Å². The van der Waals surface area contributed by atoms with Gasteiger partial charge in [-0.2, -0.15) is 0 Å². The molecule has 84 valence electrons. The van der Waals surface area contributed by atoms with E-state index in [0.717, 1.165) is 0 Å². The fraction of sp³-hybridized carbons (Fsp3) is 0.833. The maximum absolute atomic E-state index is 10.6. The van der Waals surface area contributed by atoms with Crippen LogP contribution in [0, 0.1) is 0 Å². The lowest BCUT2D eigenvalue weighted by Gasteiger charge is -2.14. The Morgan fingerprint density at radius 1 is 1.50 bits per heavy atom. The molecule has 0 aliphatic rings. The Bertz CT molecular complexity index is 228. The van der Waals surface area contributed by atoms with E-state index in [-0.39, 0.29) is 6.42 Å². The van der Waals surface area contributed by atoms with Crippen molar-refractivity contribution in [3.05, 3.63) is 0 Å². The van der Waals surface area contributed by atoms with E-state index in [0.29, 0.717) is 13.0 Å². The van der Waals surface area contributed by atoms with Crippen LogP contribution in [0.1, 0.15) is 12.8 Å². The lowest BCUT2D eigenvalue weighted by molar-refractivity contribution is -0.139. The summed E-state index contributed by atoms with van der Waals surface area (Å²) in [5.41, 5.74) is 5.18.